The second-order valence-electron chi connectivity index (χ2n) is 4.01. The minimum Gasteiger partial charge on any atom is -0.388 e. The van der Waals surface area contributed by atoms with Gasteiger partial charge < -0.3 is 5.32 Å². The van der Waals surface area contributed by atoms with Crippen LogP contribution in [0.25, 0.3) is 11.4 Å². The molecule has 17 heavy (non-hydrogen) atoms. The van der Waals surface area contributed by atoms with Crippen molar-refractivity contribution in [3.05, 3.63) is 41.7 Å². The van der Waals surface area contributed by atoms with E-state index in [0.29, 0.717) is 0 Å². The van der Waals surface area contributed by atoms with Crippen molar-refractivity contribution in [1.82, 2.24) is 9.97 Å². The minimum atomic E-state index is 0.810. The van der Waals surface area contributed by atoms with E-state index in [2.05, 4.69) is 22.2 Å². The van der Waals surface area contributed by atoms with E-state index in [-0.39, 0.29) is 0 Å². The number of hydrogen-bond acceptors (Lipinski definition) is 3. The van der Waals surface area contributed by atoms with Crippen LogP contribution in [-0.4, -0.2) is 17.0 Å². The Morgan fingerprint density at radius 3 is 2.41 bits per heavy atom. The van der Waals surface area contributed by atoms with Crippen LogP contribution in [0.5, 0.6) is 0 Å². The van der Waals surface area contributed by atoms with Crippen LogP contribution in [0.1, 0.15) is 18.3 Å². The predicted molar refractivity (Wildman–Crippen MR) is 71.1 cm³/mol. The molecule has 0 aliphatic carbocycles. The molecule has 1 aromatic carbocycles. The van der Waals surface area contributed by atoms with Gasteiger partial charge in [0, 0.05) is 29.7 Å². The van der Waals surface area contributed by atoms with Crippen LogP contribution < -0.4 is 5.32 Å². The van der Waals surface area contributed by atoms with Crippen molar-refractivity contribution in [3.63, 3.8) is 0 Å². The highest BCUT2D eigenvalue weighted by molar-refractivity contribution is 5.59. The molecule has 0 spiro atoms. The molecule has 0 amide bonds. The molecular formula is C14H17N3. The van der Waals surface area contributed by atoms with Gasteiger partial charge in [0.1, 0.15) is 0 Å². The summed E-state index contributed by atoms with van der Waals surface area (Å²) in [5.41, 5.74) is 4.26. The Hall–Kier alpha value is -1.90. The maximum absolute atomic E-state index is 4.55. The Bertz CT molecular complexity index is 503. The quantitative estimate of drug-likeness (QED) is 0.875. The summed E-state index contributed by atoms with van der Waals surface area (Å²) >= 11 is 0. The molecule has 1 aromatic heterocycles. The van der Waals surface area contributed by atoms with E-state index >= 15 is 0 Å². The fraction of sp³-hybridized carbons (Fsp3) is 0.286. The first-order valence-corrected chi connectivity index (χ1v) is 5.85. The SMILES string of the molecule is CCc1cc(C)nc(-c2ccc(NC)cc2)n1. The number of nitrogens with zero attached hydrogens (tertiary/aromatic N) is 2. The van der Waals surface area contributed by atoms with Crippen LogP contribution in [0.4, 0.5) is 5.69 Å². The van der Waals surface area contributed by atoms with Crippen molar-refractivity contribution >= 4 is 5.69 Å². The van der Waals surface area contributed by atoms with Crippen molar-refractivity contribution in [2.24, 2.45) is 0 Å². The lowest BCUT2D eigenvalue weighted by Crippen LogP contribution is -1.97. The first-order valence-electron chi connectivity index (χ1n) is 5.85. The van der Waals surface area contributed by atoms with Gasteiger partial charge in [0.05, 0.1) is 0 Å². The van der Waals surface area contributed by atoms with Gasteiger partial charge in [0.2, 0.25) is 0 Å². The average Bonchev–Trinajstić information content (AvgIpc) is 2.38. The molecule has 0 radical (unpaired) electrons. The maximum atomic E-state index is 4.55. The van der Waals surface area contributed by atoms with E-state index < -0.39 is 0 Å². The topological polar surface area (TPSA) is 37.8 Å². The monoisotopic (exact) mass is 227 g/mol. The molecule has 1 heterocycles. The minimum absolute atomic E-state index is 0.810. The van der Waals surface area contributed by atoms with Gasteiger partial charge >= 0.3 is 0 Å². The van der Waals surface area contributed by atoms with Gasteiger partial charge in [0.15, 0.2) is 5.82 Å². The van der Waals surface area contributed by atoms with E-state index in [9.17, 15) is 0 Å². The van der Waals surface area contributed by atoms with Crippen LogP contribution in [0.3, 0.4) is 0 Å². The molecule has 3 nitrogen and oxygen atoms in total. The molecule has 88 valence electrons. The zero-order chi connectivity index (χ0) is 12.3. The van der Waals surface area contributed by atoms with Gasteiger partial charge in [-0.2, -0.15) is 0 Å². The molecule has 2 rings (SSSR count). The number of rotatable bonds is 3. The summed E-state index contributed by atoms with van der Waals surface area (Å²) in [5, 5.41) is 3.10. The molecule has 0 aliphatic rings. The fourth-order valence-electron chi connectivity index (χ4n) is 1.73. The van der Waals surface area contributed by atoms with E-state index in [1.54, 1.807) is 0 Å². The van der Waals surface area contributed by atoms with Crippen LogP contribution in [0, 0.1) is 6.92 Å². The van der Waals surface area contributed by atoms with Crippen molar-refractivity contribution in [3.8, 4) is 11.4 Å². The molecule has 0 aliphatic heterocycles. The zero-order valence-electron chi connectivity index (χ0n) is 10.5. The number of nitrogens with one attached hydrogen (secondary N) is 1. The molecule has 3 heteroatoms. The second-order valence-corrected chi connectivity index (χ2v) is 4.01. The van der Waals surface area contributed by atoms with E-state index in [1.165, 1.54) is 0 Å². The van der Waals surface area contributed by atoms with E-state index in [1.807, 2.05) is 44.3 Å². The largest absolute Gasteiger partial charge is 0.388 e. The van der Waals surface area contributed by atoms with Gasteiger partial charge in [-0.3, -0.25) is 0 Å². The first kappa shape index (κ1) is 11.6. The summed E-state index contributed by atoms with van der Waals surface area (Å²) in [7, 11) is 1.91. The Morgan fingerprint density at radius 2 is 1.82 bits per heavy atom. The molecule has 0 fully saturated rings. The molecule has 0 saturated carbocycles. The molecule has 0 unspecified atom stereocenters. The Morgan fingerprint density at radius 1 is 1.12 bits per heavy atom. The molecule has 0 saturated heterocycles. The highest BCUT2D eigenvalue weighted by atomic mass is 14.9. The zero-order valence-corrected chi connectivity index (χ0v) is 10.5. The number of anilines is 1. The highest BCUT2D eigenvalue weighted by Crippen LogP contribution is 2.18. The van der Waals surface area contributed by atoms with Crippen molar-refractivity contribution in [2.45, 2.75) is 20.3 Å². The van der Waals surface area contributed by atoms with Gasteiger partial charge in [-0.1, -0.05) is 6.92 Å². The molecule has 2 aromatic rings. The van der Waals surface area contributed by atoms with Crippen molar-refractivity contribution < 1.29 is 0 Å². The van der Waals surface area contributed by atoms with Crippen LogP contribution in [0.15, 0.2) is 30.3 Å². The van der Waals surface area contributed by atoms with Crippen LogP contribution in [0.2, 0.25) is 0 Å². The van der Waals surface area contributed by atoms with Crippen LogP contribution in [-0.2, 0) is 6.42 Å². The van der Waals surface area contributed by atoms with Gasteiger partial charge in [-0.05, 0) is 43.7 Å². The summed E-state index contributed by atoms with van der Waals surface area (Å²) < 4.78 is 0. The van der Waals surface area contributed by atoms with Gasteiger partial charge in [-0.15, -0.1) is 0 Å². The average molecular weight is 227 g/mol. The number of benzene rings is 1. The van der Waals surface area contributed by atoms with Crippen molar-refractivity contribution in [1.29, 1.82) is 0 Å². The smallest absolute Gasteiger partial charge is 0.159 e. The van der Waals surface area contributed by atoms with Gasteiger partial charge in [-0.25, -0.2) is 9.97 Å². The predicted octanol–water partition coefficient (Wildman–Crippen LogP) is 3.06. The highest BCUT2D eigenvalue weighted by Gasteiger charge is 2.03. The molecule has 0 bridgehead atoms. The standard InChI is InChI=1S/C14H17N3/c1-4-12-9-10(2)16-14(17-12)11-5-7-13(15-3)8-6-11/h5-9,15H,4H2,1-3H3. The normalized spacial score (nSPS) is 10.3. The Kier molecular flexibility index (Phi) is 3.38. The van der Waals surface area contributed by atoms with Crippen LogP contribution >= 0.6 is 0 Å². The molecule has 1 N–H and O–H groups in total. The third kappa shape index (κ3) is 2.61. The number of aromatic nitrogens is 2. The second kappa shape index (κ2) is 4.95. The van der Waals surface area contributed by atoms with Gasteiger partial charge in [0.25, 0.3) is 0 Å². The summed E-state index contributed by atoms with van der Waals surface area (Å²) in [5.74, 6) is 0.810. The fourth-order valence-corrected chi connectivity index (χ4v) is 1.73. The lowest BCUT2D eigenvalue weighted by Gasteiger charge is -2.05. The summed E-state index contributed by atoms with van der Waals surface area (Å²) in [6.07, 6.45) is 0.935. The van der Waals surface area contributed by atoms with E-state index in [0.717, 1.165) is 34.9 Å². The number of aryl methyl sites for hydroxylation is 2. The summed E-state index contributed by atoms with van der Waals surface area (Å²) in [6, 6.07) is 10.2. The lowest BCUT2D eigenvalue weighted by molar-refractivity contribution is 0.983. The maximum Gasteiger partial charge on any atom is 0.159 e. The lowest BCUT2D eigenvalue weighted by atomic mass is 10.1. The Balaban J connectivity index is 2.41. The molecular weight excluding hydrogens is 210 g/mol. The first-order chi connectivity index (χ1) is 8.22. The summed E-state index contributed by atoms with van der Waals surface area (Å²) in [4.78, 5) is 9.02. The Labute approximate surface area is 102 Å². The summed E-state index contributed by atoms with van der Waals surface area (Å²) in [6.45, 7) is 4.11. The number of hydrogen-bond donors (Lipinski definition) is 1. The third-order valence-corrected chi connectivity index (χ3v) is 2.70. The van der Waals surface area contributed by atoms with E-state index in [4.69, 9.17) is 0 Å². The third-order valence-electron chi connectivity index (χ3n) is 2.70. The molecule has 0 atom stereocenters. The van der Waals surface area contributed by atoms with Crippen molar-refractivity contribution in [2.75, 3.05) is 12.4 Å².